The second kappa shape index (κ2) is 12.5. The summed E-state index contributed by atoms with van der Waals surface area (Å²) < 4.78 is 10.3. The molecule has 140 valence electrons. The Labute approximate surface area is 161 Å². The van der Waals surface area contributed by atoms with Crippen LogP contribution in [0.2, 0.25) is 0 Å². The lowest BCUT2D eigenvalue weighted by atomic mass is 10.1. The molecule has 0 spiro atoms. The standard InChI is InChI=1S/C16H30N4O3.HI/c1-16(21,13-20(2)3)12-19-15(18-9-11-22-4)17-8-7-14-6-5-10-23-14;/h5-6,10,21H,7-9,11-13H2,1-4H3,(H2,17,18,19);1H. The summed E-state index contributed by atoms with van der Waals surface area (Å²) in [6, 6.07) is 3.82. The van der Waals surface area contributed by atoms with Crippen LogP contribution in [0, 0.1) is 0 Å². The molecule has 1 aromatic heterocycles. The van der Waals surface area contributed by atoms with Gasteiger partial charge in [-0.05, 0) is 33.2 Å². The molecule has 1 heterocycles. The van der Waals surface area contributed by atoms with Gasteiger partial charge in [-0.3, -0.25) is 4.99 Å². The van der Waals surface area contributed by atoms with Crippen molar-refractivity contribution >= 4 is 29.9 Å². The predicted molar refractivity (Wildman–Crippen MR) is 107 cm³/mol. The van der Waals surface area contributed by atoms with Crippen molar-refractivity contribution in [3.63, 3.8) is 0 Å². The van der Waals surface area contributed by atoms with Gasteiger partial charge in [0.15, 0.2) is 5.96 Å². The second-order valence-electron chi connectivity index (χ2n) is 6.08. The van der Waals surface area contributed by atoms with Crippen LogP contribution in [0.3, 0.4) is 0 Å². The Hall–Kier alpha value is -0.840. The normalized spacial score (nSPS) is 14.2. The van der Waals surface area contributed by atoms with Gasteiger partial charge >= 0.3 is 0 Å². The lowest BCUT2D eigenvalue weighted by Crippen LogP contribution is -2.44. The van der Waals surface area contributed by atoms with E-state index in [2.05, 4.69) is 15.6 Å². The van der Waals surface area contributed by atoms with Crippen molar-refractivity contribution in [3.05, 3.63) is 24.2 Å². The van der Waals surface area contributed by atoms with Crippen LogP contribution in [0.5, 0.6) is 0 Å². The Bertz CT molecular complexity index is 450. The number of hydrogen-bond donors (Lipinski definition) is 3. The first-order valence-electron chi connectivity index (χ1n) is 7.83. The number of aliphatic hydroxyl groups is 1. The molecule has 0 bridgehead atoms. The molecule has 1 aromatic rings. The number of halogens is 1. The molecule has 0 aliphatic rings. The van der Waals surface area contributed by atoms with Gasteiger partial charge in [0.25, 0.3) is 0 Å². The number of furan rings is 1. The summed E-state index contributed by atoms with van der Waals surface area (Å²) in [5.41, 5.74) is -0.875. The first kappa shape index (κ1) is 23.2. The van der Waals surface area contributed by atoms with Gasteiger partial charge in [0.1, 0.15) is 5.76 Å². The number of likely N-dealkylation sites (N-methyl/N-ethyl adjacent to an activating group) is 1. The lowest BCUT2D eigenvalue weighted by Gasteiger charge is -2.25. The summed E-state index contributed by atoms with van der Waals surface area (Å²) >= 11 is 0. The first-order chi connectivity index (χ1) is 10.9. The average Bonchev–Trinajstić information content (AvgIpc) is 2.96. The van der Waals surface area contributed by atoms with Gasteiger partial charge in [0.05, 0.1) is 25.0 Å². The Kier molecular flexibility index (Phi) is 12.1. The zero-order chi connectivity index (χ0) is 17.1. The Morgan fingerprint density at radius 1 is 1.38 bits per heavy atom. The Balaban J connectivity index is 0.00000529. The first-order valence-corrected chi connectivity index (χ1v) is 7.83. The van der Waals surface area contributed by atoms with E-state index in [0.717, 1.165) is 12.2 Å². The summed E-state index contributed by atoms with van der Waals surface area (Å²) in [6.07, 6.45) is 2.44. The van der Waals surface area contributed by atoms with E-state index in [-0.39, 0.29) is 24.0 Å². The molecular weight excluding hydrogens is 423 g/mol. The summed E-state index contributed by atoms with van der Waals surface area (Å²) in [7, 11) is 5.51. The number of nitrogens with zero attached hydrogens (tertiary/aromatic N) is 2. The van der Waals surface area contributed by atoms with Crippen LogP contribution < -0.4 is 10.6 Å². The SMILES string of the molecule is COCCNC(=NCC(C)(O)CN(C)C)NCCc1ccco1.I. The number of methoxy groups -OCH3 is 1. The minimum atomic E-state index is -0.875. The molecule has 1 atom stereocenters. The zero-order valence-electron chi connectivity index (χ0n) is 15.0. The molecule has 8 heteroatoms. The van der Waals surface area contributed by atoms with Crippen molar-refractivity contribution in [2.45, 2.75) is 18.9 Å². The van der Waals surface area contributed by atoms with Crippen molar-refractivity contribution in [2.75, 3.05) is 54.0 Å². The highest BCUT2D eigenvalue weighted by Gasteiger charge is 2.21. The highest BCUT2D eigenvalue weighted by Crippen LogP contribution is 2.05. The summed E-state index contributed by atoms with van der Waals surface area (Å²) in [6.45, 7) is 4.59. The smallest absolute Gasteiger partial charge is 0.191 e. The molecule has 0 radical (unpaired) electrons. The molecule has 0 fully saturated rings. The predicted octanol–water partition coefficient (Wildman–Crippen LogP) is 0.934. The third-order valence-electron chi connectivity index (χ3n) is 3.08. The summed E-state index contributed by atoms with van der Waals surface area (Å²) in [5.74, 6) is 1.58. The maximum Gasteiger partial charge on any atom is 0.191 e. The van der Waals surface area contributed by atoms with E-state index in [1.165, 1.54) is 0 Å². The molecule has 0 aliphatic carbocycles. The number of rotatable bonds is 10. The molecule has 0 aromatic carbocycles. The van der Waals surface area contributed by atoms with Crippen LogP contribution >= 0.6 is 24.0 Å². The van der Waals surface area contributed by atoms with Crippen molar-refractivity contribution in [1.29, 1.82) is 0 Å². The molecule has 0 saturated heterocycles. The quantitative estimate of drug-likeness (QED) is 0.211. The van der Waals surface area contributed by atoms with Crippen LogP contribution in [0.15, 0.2) is 27.8 Å². The Morgan fingerprint density at radius 2 is 2.08 bits per heavy atom. The molecule has 0 saturated carbocycles. The third-order valence-corrected chi connectivity index (χ3v) is 3.08. The van der Waals surface area contributed by atoms with Crippen LogP contribution in [0.25, 0.3) is 0 Å². The van der Waals surface area contributed by atoms with Crippen molar-refractivity contribution in [1.82, 2.24) is 15.5 Å². The van der Waals surface area contributed by atoms with Crippen LogP contribution in [0.4, 0.5) is 0 Å². The monoisotopic (exact) mass is 454 g/mol. The molecule has 1 rings (SSSR count). The van der Waals surface area contributed by atoms with Crippen LogP contribution in [-0.4, -0.2) is 75.6 Å². The van der Waals surface area contributed by atoms with Gasteiger partial charge in [-0.25, -0.2) is 0 Å². The van der Waals surface area contributed by atoms with Crippen LogP contribution in [-0.2, 0) is 11.2 Å². The second-order valence-corrected chi connectivity index (χ2v) is 6.08. The zero-order valence-corrected chi connectivity index (χ0v) is 17.4. The number of ether oxygens (including phenoxy) is 1. The van der Waals surface area contributed by atoms with Gasteiger partial charge in [-0.1, -0.05) is 0 Å². The molecule has 7 nitrogen and oxygen atoms in total. The maximum atomic E-state index is 10.3. The third kappa shape index (κ3) is 10.8. The molecule has 0 amide bonds. The number of guanidine groups is 1. The summed E-state index contributed by atoms with van der Waals surface area (Å²) in [4.78, 5) is 6.41. The molecule has 24 heavy (non-hydrogen) atoms. The Morgan fingerprint density at radius 3 is 2.67 bits per heavy atom. The topological polar surface area (TPSA) is 82.3 Å². The molecule has 1 unspecified atom stereocenters. The van der Waals surface area contributed by atoms with Crippen molar-refractivity contribution in [3.8, 4) is 0 Å². The molecule has 0 aliphatic heterocycles. The van der Waals surface area contributed by atoms with Crippen molar-refractivity contribution in [2.24, 2.45) is 4.99 Å². The molecule has 3 N–H and O–H groups in total. The van der Waals surface area contributed by atoms with E-state index in [9.17, 15) is 5.11 Å². The van der Waals surface area contributed by atoms with Gasteiger partial charge in [-0.2, -0.15) is 0 Å². The van der Waals surface area contributed by atoms with Crippen molar-refractivity contribution < 1.29 is 14.3 Å². The average molecular weight is 454 g/mol. The maximum absolute atomic E-state index is 10.3. The largest absolute Gasteiger partial charge is 0.469 e. The highest BCUT2D eigenvalue weighted by molar-refractivity contribution is 14.0. The van der Waals surface area contributed by atoms with E-state index in [1.54, 1.807) is 20.3 Å². The molecular formula is C16H31IN4O3. The van der Waals surface area contributed by atoms with E-state index in [0.29, 0.717) is 38.7 Å². The fraction of sp³-hybridized carbons (Fsp3) is 0.688. The van der Waals surface area contributed by atoms with Crippen LogP contribution in [0.1, 0.15) is 12.7 Å². The van der Waals surface area contributed by atoms with Gasteiger partial charge in [0.2, 0.25) is 0 Å². The fourth-order valence-electron chi connectivity index (χ4n) is 2.19. The minimum Gasteiger partial charge on any atom is -0.469 e. The fourth-order valence-corrected chi connectivity index (χ4v) is 2.19. The number of hydrogen-bond acceptors (Lipinski definition) is 5. The van der Waals surface area contributed by atoms with E-state index in [4.69, 9.17) is 9.15 Å². The van der Waals surface area contributed by atoms with Gasteiger partial charge < -0.3 is 29.8 Å². The van der Waals surface area contributed by atoms with E-state index in [1.807, 2.05) is 31.1 Å². The van der Waals surface area contributed by atoms with Gasteiger partial charge in [-0.15, -0.1) is 24.0 Å². The van der Waals surface area contributed by atoms with Gasteiger partial charge in [0, 0.05) is 33.2 Å². The lowest BCUT2D eigenvalue weighted by molar-refractivity contribution is 0.0423. The van der Waals surface area contributed by atoms with E-state index >= 15 is 0 Å². The summed E-state index contributed by atoms with van der Waals surface area (Å²) in [5, 5.41) is 16.8. The number of nitrogens with one attached hydrogen (secondary N) is 2. The highest BCUT2D eigenvalue weighted by atomic mass is 127. The minimum absolute atomic E-state index is 0. The van der Waals surface area contributed by atoms with E-state index < -0.39 is 5.60 Å². The number of aliphatic imine (C=N–C) groups is 1.